The first kappa shape index (κ1) is 48.0. The van der Waals surface area contributed by atoms with Crippen molar-refractivity contribution < 1.29 is 9.59 Å². The number of ketones is 2. The molecule has 2 aromatic heterocycles. The predicted octanol–water partition coefficient (Wildman–Crippen LogP) is 8.93. The minimum Gasteiger partial charge on any atom is -0.370 e. The Labute approximate surface area is 378 Å². The van der Waals surface area contributed by atoms with Crippen LogP contribution in [0.15, 0.2) is 84.9 Å². The third kappa shape index (κ3) is 14.3. The number of carbonyl (C=O) groups excluding carboxylic acids is 2. The Morgan fingerprint density at radius 2 is 0.984 bits per heavy atom. The van der Waals surface area contributed by atoms with Crippen LogP contribution in [-0.4, -0.2) is 95.8 Å². The maximum Gasteiger partial charge on any atom is 0.151 e. The van der Waals surface area contributed by atoms with E-state index < -0.39 is 0 Å². The van der Waals surface area contributed by atoms with E-state index in [-0.39, 0.29) is 31.1 Å². The van der Waals surface area contributed by atoms with Crippen molar-refractivity contribution in [1.82, 2.24) is 30.4 Å². The Balaban J connectivity index is 0.000000206. The van der Waals surface area contributed by atoms with Crippen molar-refractivity contribution in [2.24, 2.45) is 0 Å². The summed E-state index contributed by atoms with van der Waals surface area (Å²) < 4.78 is 0. The number of rotatable bonds is 18. The molecule has 0 bridgehead atoms. The minimum absolute atomic E-state index is 0. The number of nitrogens with one attached hydrogen (secondary N) is 4. The van der Waals surface area contributed by atoms with Gasteiger partial charge in [-0.2, -0.15) is 0 Å². The predicted molar refractivity (Wildman–Crippen MR) is 260 cm³/mol. The summed E-state index contributed by atoms with van der Waals surface area (Å²) in [4.78, 5) is 38.9. The van der Waals surface area contributed by atoms with Gasteiger partial charge in [-0.25, -0.2) is 9.97 Å². The van der Waals surface area contributed by atoms with E-state index in [0.29, 0.717) is 12.1 Å². The Kier molecular flexibility index (Phi) is 19.1. The Morgan fingerprint density at radius 1 is 0.587 bits per heavy atom. The Bertz CT molecular complexity index is 1830. The molecule has 2 aromatic carbocycles. The van der Waals surface area contributed by atoms with Crippen molar-refractivity contribution >= 4 is 23.2 Å². The molecule has 0 radical (unpaired) electrons. The average molecular weight is 857 g/mol. The van der Waals surface area contributed by atoms with E-state index in [4.69, 9.17) is 9.97 Å². The second-order valence-electron chi connectivity index (χ2n) is 18.0. The topological polar surface area (TPSA) is 115 Å². The number of fused-ring (bicyclic) bond motifs is 2. The van der Waals surface area contributed by atoms with Crippen LogP contribution in [0.25, 0.3) is 0 Å². The molecule has 63 heavy (non-hydrogen) atoms. The molecule has 4 aliphatic rings. The number of benzene rings is 2. The summed E-state index contributed by atoms with van der Waals surface area (Å²) in [6.45, 7) is 11.5. The number of anilines is 2. The van der Waals surface area contributed by atoms with Crippen LogP contribution in [0.5, 0.6) is 0 Å². The van der Waals surface area contributed by atoms with Gasteiger partial charge in [-0.05, 0) is 151 Å². The molecular weight excluding hydrogens is 781 g/mol. The van der Waals surface area contributed by atoms with Crippen LogP contribution in [0.3, 0.4) is 0 Å². The lowest BCUT2D eigenvalue weighted by molar-refractivity contribution is -0.123. The first-order valence-corrected chi connectivity index (χ1v) is 23.9. The highest BCUT2D eigenvalue weighted by atomic mass is 16.1. The number of aryl methyl sites for hydroxylation is 4. The highest BCUT2D eigenvalue weighted by molar-refractivity contribution is 5.83. The molecule has 0 amide bonds. The van der Waals surface area contributed by atoms with E-state index in [1.807, 2.05) is 36.4 Å². The lowest BCUT2D eigenvalue weighted by Crippen LogP contribution is -2.45. The van der Waals surface area contributed by atoms with Gasteiger partial charge in [0.15, 0.2) is 11.6 Å². The molecule has 4 aromatic rings. The van der Waals surface area contributed by atoms with Gasteiger partial charge in [0.2, 0.25) is 0 Å². The SMILES string of the molecule is C.CC(=O)[C@@H](c1ccccc1)N1CCC(NCCCCc2ccc3c(n2)NCCC3)CC1.CC(=O)[C@H](c1ccccc1)N1CCC(NCCCCc2ccc3c(n2)NCCC3)CC1. The number of likely N-dealkylation sites (tertiary alicyclic amines) is 2. The van der Waals surface area contributed by atoms with Gasteiger partial charge in [0.05, 0.1) is 12.1 Å². The zero-order chi connectivity index (χ0) is 42.9. The average Bonchev–Trinajstić information content (AvgIpc) is 3.30. The fourth-order valence-corrected chi connectivity index (χ4v) is 9.89. The van der Waals surface area contributed by atoms with Crippen molar-refractivity contribution in [3.63, 3.8) is 0 Å². The largest absolute Gasteiger partial charge is 0.370 e. The molecule has 10 nitrogen and oxygen atoms in total. The zero-order valence-electron chi connectivity index (χ0n) is 37.6. The third-order valence-electron chi connectivity index (χ3n) is 13.3. The minimum atomic E-state index is -0.0965. The molecule has 2 saturated heterocycles. The van der Waals surface area contributed by atoms with Gasteiger partial charge >= 0.3 is 0 Å². The Hall–Kier alpha value is -4.48. The van der Waals surface area contributed by atoms with Gasteiger partial charge in [-0.1, -0.05) is 80.2 Å². The summed E-state index contributed by atoms with van der Waals surface area (Å²) in [6, 6.07) is 30.2. The second kappa shape index (κ2) is 25.1. The molecule has 2 fully saturated rings. The zero-order valence-corrected chi connectivity index (χ0v) is 37.6. The molecule has 10 heteroatoms. The summed E-state index contributed by atoms with van der Waals surface area (Å²) in [6.07, 6.45) is 15.9. The molecule has 4 N–H and O–H groups in total. The fraction of sp³-hybridized carbons (Fsp3) is 0.547. The van der Waals surface area contributed by atoms with Crippen LogP contribution >= 0.6 is 0 Å². The number of aromatic nitrogens is 2. The molecule has 340 valence electrons. The molecule has 2 atom stereocenters. The highest BCUT2D eigenvalue weighted by Gasteiger charge is 2.30. The van der Waals surface area contributed by atoms with Gasteiger partial charge in [-0.15, -0.1) is 0 Å². The summed E-state index contributed by atoms with van der Waals surface area (Å²) in [5, 5.41) is 14.3. The molecule has 8 rings (SSSR count). The number of hydrogen-bond donors (Lipinski definition) is 4. The number of piperidine rings is 2. The van der Waals surface area contributed by atoms with Crippen molar-refractivity contribution in [3.05, 3.63) is 119 Å². The molecule has 0 spiro atoms. The van der Waals surface area contributed by atoms with Crippen molar-refractivity contribution in [3.8, 4) is 0 Å². The maximum absolute atomic E-state index is 12.3. The van der Waals surface area contributed by atoms with Crippen LogP contribution in [0.1, 0.15) is 131 Å². The lowest BCUT2D eigenvalue weighted by Gasteiger charge is -2.37. The van der Waals surface area contributed by atoms with E-state index in [2.05, 4.69) is 79.6 Å². The molecule has 0 saturated carbocycles. The third-order valence-corrected chi connectivity index (χ3v) is 13.3. The number of nitrogens with zero attached hydrogens (tertiary/aromatic N) is 4. The van der Waals surface area contributed by atoms with Crippen LogP contribution < -0.4 is 21.3 Å². The van der Waals surface area contributed by atoms with E-state index in [0.717, 1.165) is 139 Å². The number of unbranched alkanes of at least 4 members (excludes halogenated alkanes) is 2. The van der Waals surface area contributed by atoms with E-state index in [1.54, 1.807) is 13.8 Å². The van der Waals surface area contributed by atoms with Gasteiger partial charge < -0.3 is 21.3 Å². The molecule has 4 aliphatic heterocycles. The number of hydrogen-bond acceptors (Lipinski definition) is 10. The quantitative estimate of drug-likeness (QED) is 0.0724. The first-order chi connectivity index (χ1) is 30.4. The number of Topliss-reactive ketones (excluding diaryl/α,β-unsaturated/α-hetero) is 2. The molecule has 0 aliphatic carbocycles. The molecule has 0 unspecified atom stereocenters. The van der Waals surface area contributed by atoms with Crippen LogP contribution in [0.4, 0.5) is 11.6 Å². The highest BCUT2D eigenvalue weighted by Crippen LogP contribution is 2.28. The van der Waals surface area contributed by atoms with E-state index in [1.165, 1.54) is 48.2 Å². The van der Waals surface area contributed by atoms with Crippen LogP contribution in [-0.2, 0) is 35.3 Å². The smallest absolute Gasteiger partial charge is 0.151 e. The van der Waals surface area contributed by atoms with Gasteiger partial charge in [-0.3, -0.25) is 19.4 Å². The normalized spacial score (nSPS) is 17.9. The van der Waals surface area contributed by atoms with Gasteiger partial charge in [0.1, 0.15) is 11.6 Å². The van der Waals surface area contributed by atoms with Crippen LogP contribution in [0.2, 0.25) is 0 Å². The van der Waals surface area contributed by atoms with Crippen molar-refractivity contribution in [2.45, 2.75) is 135 Å². The van der Waals surface area contributed by atoms with Crippen molar-refractivity contribution in [2.75, 3.05) is 63.0 Å². The maximum atomic E-state index is 12.3. The van der Waals surface area contributed by atoms with E-state index >= 15 is 0 Å². The summed E-state index contributed by atoms with van der Waals surface area (Å²) in [7, 11) is 0. The summed E-state index contributed by atoms with van der Waals surface area (Å²) in [5.41, 5.74) is 7.37. The van der Waals surface area contributed by atoms with Crippen molar-refractivity contribution in [1.29, 1.82) is 0 Å². The summed E-state index contributed by atoms with van der Waals surface area (Å²) >= 11 is 0. The Morgan fingerprint density at radius 3 is 1.37 bits per heavy atom. The number of pyridine rings is 2. The number of carbonyl (C=O) groups is 2. The lowest BCUT2D eigenvalue weighted by atomic mass is 9.97. The second-order valence-corrected chi connectivity index (χ2v) is 18.0. The fourth-order valence-electron chi connectivity index (χ4n) is 9.89. The monoisotopic (exact) mass is 857 g/mol. The standard InChI is InChI=1S/2C26H36N4O.CH4/c2*1-20(31)25(21-8-3-2-4-9-21)30-18-14-23(15-19-30)27-16-6-5-11-24-13-12-22-10-7-17-28-26(22)29-24;/h2*2-4,8-9,12-13,23,25,27H,5-7,10-11,14-19H2,1H3,(H,28,29);1H4/t2*25-;/m10./s1. The first-order valence-electron chi connectivity index (χ1n) is 23.9. The molecule has 6 heterocycles. The van der Waals surface area contributed by atoms with Crippen LogP contribution in [0, 0.1) is 0 Å². The van der Waals surface area contributed by atoms with E-state index in [9.17, 15) is 9.59 Å². The molecular formula is C53H76N8O2. The summed E-state index contributed by atoms with van der Waals surface area (Å²) in [5.74, 6) is 2.69. The van der Waals surface area contributed by atoms with Gasteiger partial charge in [0, 0.05) is 62.7 Å². The van der Waals surface area contributed by atoms with Gasteiger partial charge in [0.25, 0.3) is 0 Å².